The van der Waals surface area contributed by atoms with Gasteiger partial charge in [0.05, 0.1) is 17.0 Å². The maximum absolute atomic E-state index is 13.0. The minimum absolute atomic E-state index is 0.0244. The Balaban J connectivity index is 1.67. The Labute approximate surface area is 193 Å². The first kappa shape index (κ1) is 22.6. The second-order valence-corrected chi connectivity index (χ2v) is 8.20. The molecule has 33 heavy (non-hydrogen) atoms. The summed E-state index contributed by atoms with van der Waals surface area (Å²) in [5.74, 6) is 0.103. The molecule has 2 aromatic carbocycles. The molecule has 0 unspecified atom stereocenters. The van der Waals surface area contributed by atoms with Gasteiger partial charge in [-0.2, -0.15) is 8.78 Å². The zero-order chi connectivity index (χ0) is 23.4. The number of nitrogens with zero attached hydrogens (tertiary/aromatic N) is 4. The number of benzene rings is 2. The molecule has 9 heteroatoms. The van der Waals surface area contributed by atoms with Gasteiger partial charge in [0.15, 0.2) is 16.8 Å². The summed E-state index contributed by atoms with van der Waals surface area (Å²) in [4.78, 5) is 17.0. The number of carbonyl (C=O) groups is 1. The third kappa shape index (κ3) is 5.09. The number of ketones is 1. The number of Topliss-reactive ketones (excluding diaryl/α,β-unsaturated/α-hetero) is 1. The standard InChI is InChI=1S/C24H20F2N4O2S/c1-15-7-8-21(32-23(25)26)18(13-15)20(31)14-33-24-29-28-22(17-9-11-27-12-10-17)30(24)19-6-4-3-5-16(19)2/h3-13,23H,14H2,1-2H3. The number of para-hydroxylation sites is 1. The molecule has 168 valence electrons. The highest BCUT2D eigenvalue weighted by Crippen LogP contribution is 2.31. The monoisotopic (exact) mass is 466 g/mol. The van der Waals surface area contributed by atoms with Crippen molar-refractivity contribution in [1.82, 2.24) is 19.7 Å². The minimum atomic E-state index is -3.01. The molecule has 0 saturated heterocycles. The lowest BCUT2D eigenvalue weighted by atomic mass is 10.1. The van der Waals surface area contributed by atoms with Crippen LogP contribution in [0.2, 0.25) is 0 Å². The van der Waals surface area contributed by atoms with E-state index in [0.717, 1.165) is 22.4 Å². The van der Waals surface area contributed by atoms with Gasteiger partial charge in [-0.1, -0.05) is 41.6 Å². The highest BCUT2D eigenvalue weighted by molar-refractivity contribution is 7.99. The van der Waals surface area contributed by atoms with E-state index in [9.17, 15) is 13.6 Å². The van der Waals surface area contributed by atoms with Crippen LogP contribution in [0, 0.1) is 13.8 Å². The van der Waals surface area contributed by atoms with Crippen LogP contribution in [0.15, 0.2) is 72.1 Å². The van der Waals surface area contributed by atoms with E-state index in [1.54, 1.807) is 31.5 Å². The predicted molar refractivity (Wildman–Crippen MR) is 122 cm³/mol. The maximum atomic E-state index is 13.0. The van der Waals surface area contributed by atoms with Gasteiger partial charge in [-0.05, 0) is 49.7 Å². The maximum Gasteiger partial charge on any atom is 0.387 e. The Hall–Kier alpha value is -3.59. The van der Waals surface area contributed by atoms with Crippen molar-refractivity contribution < 1.29 is 18.3 Å². The average molecular weight is 467 g/mol. The van der Waals surface area contributed by atoms with Crippen molar-refractivity contribution in [1.29, 1.82) is 0 Å². The molecular weight excluding hydrogens is 446 g/mol. The number of ether oxygens (including phenoxy) is 1. The van der Waals surface area contributed by atoms with Gasteiger partial charge < -0.3 is 4.74 Å². The lowest BCUT2D eigenvalue weighted by molar-refractivity contribution is -0.0501. The first-order valence-corrected chi connectivity index (χ1v) is 11.1. The lowest BCUT2D eigenvalue weighted by Crippen LogP contribution is -2.10. The first-order chi connectivity index (χ1) is 15.9. The molecule has 0 amide bonds. The van der Waals surface area contributed by atoms with E-state index >= 15 is 0 Å². The van der Waals surface area contributed by atoms with Crippen LogP contribution < -0.4 is 4.74 Å². The van der Waals surface area contributed by atoms with E-state index in [1.165, 1.54) is 17.8 Å². The summed E-state index contributed by atoms with van der Waals surface area (Å²) in [6, 6.07) is 16.0. The molecule has 4 aromatic rings. The molecule has 2 heterocycles. The number of halogens is 2. The van der Waals surface area contributed by atoms with Crippen LogP contribution in [-0.2, 0) is 0 Å². The topological polar surface area (TPSA) is 69.9 Å². The number of carbonyl (C=O) groups excluding carboxylic acids is 1. The second kappa shape index (κ2) is 9.91. The van der Waals surface area contributed by atoms with Gasteiger partial charge in [0.2, 0.25) is 0 Å². The van der Waals surface area contributed by atoms with Gasteiger partial charge in [0.1, 0.15) is 5.75 Å². The molecule has 6 nitrogen and oxygen atoms in total. The third-order valence-electron chi connectivity index (χ3n) is 4.91. The number of hydrogen-bond donors (Lipinski definition) is 0. The van der Waals surface area contributed by atoms with Gasteiger partial charge in [-0.3, -0.25) is 14.3 Å². The van der Waals surface area contributed by atoms with E-state index in [2.05, 4.69) is 19.9 Å². The SMILES string of the molecule is Cc1ccc(OC(F)F)c(C(=O)CSc2nnc(-c3ccncc3)n2-c2ccccc2C)c1. The molecule has 0 aliphatic rings. The van der Waals surface area contributed by atoms with Crippen LogP contribution >= 0.6 is 11.8 Å². The smallest absolute Gasteiger partial charge is 0.387 e. The highest BCUT2D eigenvalue weighted by Gasteiger charge is 2.21. The fourth-order valence-electron chi connectivity index (χ4n) is 3.35. The van der Waals surface area contributed by atoms with E-state index in [-0.39, 0.29) is 22.8 Å². The molecule has 0 saturated carbocycles. The summed E-state index contributed by atoms with van der Waals surface area (Å²) in [6.45, 7) is 0.747. The third-order valence-corrected chi connectivity index (χ3v) is 5.84. The molecule has 0 spiro atoms. The summed E-state index contributed by atoms with van der Waals surface area (Å²) in [6.07, 6.45) is 3.34. The van der Waals surface area contributed by atoms with Gasteiger partial charge in [-0.25, -0.2) is 0 Å². The molecule has 0 bridgehead atoms. The molecule has 0 aliphatic carbocycles. The molecule has 0 radical (unpaired) electrons. The van der Waals surface area contributed by atoms with Crippen molar-refractivity contribution in [2.45, 2.75) is 25.6 Å². The van der Waals surface area contributed by atoms with Crippen molar-refractivity contribution in [2.24, 2.45) is 0 Å². The van der Waals surface area contributed by atoms with Crippen LogP contribution in [0.3, 0.4) is 0 Å². The summed E-state index contributed by atoms with van der Waals surface area (Å²) >= 11 is 1.18. The average Bonchev–Trinajstić information content (AvgIpc) is 3.23. The normalized spacial score (nSPS) is 11.1. The number of pyridine rings is 1. The Bertz CT molecular complexity index is 1280. The fourth-order valence-corrected chi connectivity index (χ4v) is 4.18. The van der Waals surface area contributed by atoms with Crippen LogP contribution in [0.1, 0.15) is 21.5 Å². The van der Waals surface area contributed by atoms with Crippen LogP contribution in [-0.4, -0.2) is 37.9 Å². The highest BCUT2D eigenvalue weighted by atomic mass is 32.2. The second-order valence-electron chi connectivity index (χ2n) is 7.25. The quantitative estimate of drug-likeness (QED) is 0.251. The van der Waals surface area contributed by atoms with E-state index in [0.29, 0.717) is 11.0 Å². The van der Waals surface area contributed by atoms with Crippen LogP contribution in [0.4, 0.5) is 8.78 Å². The number of aryl methyl sites for hydroxylation is 2. The summed E-state index contributed by atoms with van der Waals surface area (Å²) < 4.78 is 32.0. The number of hydrogen-bond acceptors (Lipinski definition) is 6. The van der Waals surface area contributed by atoms with Gasteiger partial charge in [0.25, 0.3) is 0 Å². The Morgan fingerprint density at radius 1 is 1.06 bits per heavy atom. The largest absolute Gasteiger partial charge is 0.434 e. The van der Waals surface area contributed by atoms with Crippen molar-refractivity contribution in [2.75, 3.05) is 5.75 Å². The predicted octanol–water partition coefficient (Wildman–Crippen LogP) is 5.52. The molecular formula is C24H20F2N4O2S. The zero-order valence-corrected chi connectivity index (χ0v) is 18.7. The fraction of sp³-hybridized carbons (Fsp3) is 0.167. The molecule has 0 atom stereocenters. The first-order valence-electron chi connectivity index (χ1n) is 10.1. The molecule has 0 fully saturated rings. The van der Waals surface area contributed by atoms with Crippen LogP contribution in [0.25, 0.3) is 17.1 Å². The van der Waals surface area contributed by atoms with Crippen molar-refractivity contribution in [3.63, 3.8) is 0 Å². The van der Waals surface area contributed by atoms with Crippen LogP contribution in [0.5, 0.6) is 5.75 Å². The van der Waals surface area contributed by atoms with Gasteiger partial charge >= 0.3 is 6.61 Å². The van der Waals surface area contributed by atoms with Crippen molar-refractivity contribution >= 4 is 17.5 Å². The molecule has 0 aliphatic heterocycles. The summed E-state index contributed by atoms with van der Waals surface area (Å²) in [5.41, 5.74) is 3.59. The van der Waals surface area contributed by atoms with E-state index < -0.39 is 6.61 Å². The lowest BCUT2D eigenvalue weighted by Gasteiger charge is -2.13. The molecule has 0 N–H and O–H groups in total. The summed E-state index contributed by atoms with van der Waals surface area (Å²) in [7, 11) is 0. The van der Waals surface area contributed by atoms with Crippen molar-refractivity contribution in [3.8, 4) is 22.8 Å². The van der Waals surface area contributed by atoms with Gasteiger partial charge in [-0.15, -0.1) is 10.2 Å². The Morgan fingerprint density at radius 3 is 2.55 bits per heavy atom. The zero-order valence-electron chi connectivity index (χ0n) is 17.9. The number of thioether (sulfide) groups is 1. The number of aromatic nitrogens is 4. The molecule has 4 rings (SSSR count). The minimum Gasteiger partial charge on any atom is -0.434 e. The summed E-state index contributed by atoms with van der Waals surface area (Å²) in [5, 5.41) is 9.18. The van der Waals surface area contributed by atoms with E-state index in [4.69, 9.17) is 0 Å². The Kier molecular flexibility index (Phi) is 6.79. The number of alkyl halides is 2. The van der Waals surface area contributed by atoms with E-state index in [1.807, 2.05) is 47.9 Å². The molecule has 2 aromatic heterocycles. The number of rotatable bonds is 8. The van der Waals surface area contributed by atoms with Gasteiger partial charge in [0, 0.05) is 18.0 Å². The Morgan fingerprint density at radius 2 is 1.82 bits per heavy atom. The van der Waals surface area contributed by atoms with Crippen molar-refractivity contribution in [3.05, 3.63) is 83.7 Å².